The number of hydrogen-bond acceptors (Lipinski definition) is 5. The van der Waals surface area contributed by atoms with E-state index in [-0.39, 0.29) is 13.2 Å². The average Bonchev–Trinajstić information content (AvgIpc) is 3.10. The molecule has 0 unspecified atom stereocenters. The first-order chi connectivity index (χ1) is 14.2. The van der Waals surface area contributed by atoms with Crippen molar-refractivity contribution in [2.45, 2.75) is 121 Å². The van der Waals surface area contributed by atoms with Gasteiger partial charge in [0, 0.05) is 6.61 Å². The summed E-state index contributed by atoms with van der Waals surface area (Å²) in [5.74, 6) is 0. The van der Waals surface area contributed by atoms with Gasteiger partial charge in [0.2, 0.25) is 0 Å². The van der Waals surface area contributed by atoms with Crippen LogP contribution in [-0.4, -0.2) is 59.6 Å². The van der Waals surface area contributed by atoms with Gasteiger partial charge in [-0.2, -0.15) is 0 Å². The van der Waals surface area contributed by atoms with E-state index in [0.717, 1.165) is 12.8 Å². The second kappa shape index (κ2) is 18.3. The SMILES string of the molecule is CCCCC/C=C/CCCCCCCCCCCO[C@@H]1[C@H]([C@@H](O)CO)OC[C@H]1O. The van der Waals surface area contributed by atoms with Crippen molar-refractivity contribution < 1.29 is 24.8 Å². The molecule has 0 aliphatic carbocycles. The molecule has 0 bridgehead atoms. The Morgan fingerprint density at radius 2 is 1.45 bits per heavy atom. The van der Waals surface area contributed by atoms with Crippen molar-refractivity contribution in [2.24, 2.45) is 0 Å². The standard InChI is InChI=1S/C24H46O5/c1-2-3-4-5-6-7-8-9-10-11-12-13-14-15-16-17-18-28-24-22(27)20-29-23(24)21(26)19-25/h6-7,21-27H,2-5,8-20H2,1H3/b7-6+/t21-,22+,23-,24-/m0/s1. The maximum absolute atomic E-state index is 9.89. The molecular formula is C24H46O5. The van der Waals surface area contributed by atoms with E-state index in [4.69, 9.17) is 14.6 Å². The normalized spacial score (nSPS) is 23.2. The Bertz CT molecular complexity index is 387. The molecule has 0 spiro atoms. The maximum Gasteiger partial charge on any atom is 0.114 e. The first-order valence-electron chi connectivity index (χ1n) is 12.1. The Hall–Kier alpha value is -0.460. The molecule has 1 aliphatic rings. The summed E-state index contributed by atoms with van der Waals surface area (Å²) in [4.78, 5) is 0. The fourth-order valence-electron chi connectivity index (χ4n) is 3.83. The van der Waals surface area contributed by atoms with Crippen molar-refractivity contribution >= 4 is 0 Å². The van der Waals surface area contributed by atoms with Gasteiger partial charge in [-0.15, -0.1) is 0 Å². The van der Waals surface area contributed by atoms with Gasteiger partial charge in [0.05, 0.1) is 13.2 Å². The van der Waals surface area contributed by atoms with Crippen molar-refractivity contribution in [1.29, 1.82) is 0 Å². The smallest absolute Gasteiger partial charge is 0.114 e. The van der Waals surface area contributed by atoms with Crippen LogP contribution in [-0.2, 0) is 9.47 Å². The highest BCUT2D eigenvalue weighted by Crippen LogP contribution is 2.21. The van der Waals surface area contributed by atoms with Gasteiger partial charge in [-0.1, -0.05) is 76.9 Å². The highest BCUT2D eigenvalue weighted by atomic mass is 16.6. The predicted octanol–water partition coefficient (Wildman–Crippen LogP) is 4.52. The van der Waals surface area contributed by atoms with Crippen molar-refractivity contribution in [3.63, 3.8) is 0 Å². The summed E-state index contributed by atoms with van der Waals surface area (Å²) in [6.45, 7) is 2.58. The Morgan fingerprint density at radius 3 is 2.03 bits per heavy atom. The van der Waals surface area contributed by atoms with Crippen LogP contribution in [0.25, 0.3) is 0 Å². The van der Waals surface area contributed by atoms with E-state index in [1.165, 1.54) is 77.0 Å². The van der Waals surface area contributed by atoms with Crippen LogP contribution >= 0.6 is 0 Å². The highest BCUT2D eigenvalue weighted by Gasteiger charge is 2.40. The largest absolute Gasteiger partial charge is 0.394 e. The van der Waals surface area contributed by atoms with E-state index >= 15 is 0 Å². The highest BCUT2D eigenvalue weighted by molar-refractivity contribution is 4.89. The van der Waals surface area contributed by atoms with Crippen molar-refractivity contribution in [3.05, 3.63) is 12.2 Å². The molecule has 3 N–H and O–H groups in total. The zero-order chi connectivity index (χ0) is 21.2. The molecule has 0 aromatic rings. The zero-order valence-corrected chi connectivity index (χ0v) is 18.6. The van der Waals surface area contributed by atoms with Crippen LogP contribution in [0.4, 0.5) is 0 Å². The monoisotopic (exact) mass is 414 g/mol. The van der Waals surface area contributed by atoms with E-state index < -0.39 is 24.4 Å². The van der Waals surface area contributed by atoms with Gasteiger partial charge in [0.15, 0.2) is 0 Å². The van der Waals surface area contributed by atoms with Gasteiger partial charge in [-0.05, 0) is 32.1 Å². The molecule has 1 fully saturated rings. The predicted molar refractivity (Wildman–Crippen MR) is 118 cm³/mol. The van der Waals surface area contributed by atoms with Gasteiger partial charge in [-0.3, -0.25) is 0 Å². The van der Waals surface area contributed by atoms with E-state index in [2.05, 4.69) is 19.1 Å². The van der Waals surface area contributed by atoms with Gasteiger partial charge in [0.25, 0.3) is 0 Å². The molecule has 172 valence electrons. The van der Waals surface area contributed by atoms with E-state index in [1.807, 2.05) is 0 Å². The molecule has 0 amide bonds. The van der Waals surface area contributed by atoms with Crippen molar-refractivity contribution in [3.8, 4) is 0 Å². The van der Waals surface area contributed by atoms with Gasteiger partial charge < -0.3 is 24.8 Å². The Labute approximate surface area is 178 Å². The summed E-state index contributed by atoms with van der Waals surface area (Å²) in [5.41, 5.74) is 0. The van der Waals surface area contributed by atoms with Crippen molar-refractivity contribution in [1.82, 2.24) is 0 Å². The zero-order valence-electron chi connectivity index (χ0n) is 18.6. The Kier molecular flexibility index (Phi) is 16.8. The number of allylic oxidation sites excluding steroid dienone is 2. The van der Waals surface area contributed by atoms with E-state index in [1.54, 1.807) is 0 Å². The summed E-state index contributed by atoms with van der Waals surface area (Å²) in [7, 11) is 0. The molecule has 1 heterocycles. The number of aliphatic hydroxyl groups is 3. The molecule has 1 aliphatic heterocycles. The molecule has 0 radical (unpaired) electrons. The lowest BCUT2D eigenvalue weighted by Crippen LogP contribution is -2.42. The summed E-state index contributed by atoms with van der Waals surface area (Å²) >= 11 is 0. The summed E-state index contributed by atoms with van der Waals surface area (Å²) in [6.07, 6.45) is 19.5. The second-order valence-electron chi connectivity index (χ2n) is 8.39. The molecule has 0 saturated carbocycles. The third-order valence-electron chi connectivity index (χ3n) is 5.70. The van der Waals surface area contributed by atoms with Gasteiger partial charge in [-0.25, -0.2) is 0 Å². The van der Waals surface area contributed by atoms with E-state index in [0.29, 0.717) is 6.61 Å². The number of hydrogen-bond donors (Lipinski definition) is 3. The fourth-order valence-corrected chi connectivity index (χ4v) is 3.83. The fraction of sp³-hybridized carbons (Fsp3) is 0.917. The quantitative estimate of drug-likeness (QED) is 0.214. The van der Waals surface area contributed by atoms with Gasteiger partial charge in [0.1, 0.15) is 24.4 Å². The number of ether oxygens (including phenoxy) is 2. The van der Waals surface area contributed by atoms with Crippen LogP contribution in [0.1, 0.15) is 96.8 Å². The molecule has 4 atom stereocenters. The van der Waals surface area contributed by atoms with Crippen LogP contribution in [0.15, 0.2) is 12.2 Å². The maximum atomic E-state index is 9.89. The average molecular weight is 415 g/mol. The van der Waals surface area contributed by atoms with Crippen molar-refractivity contribution in [2.75, 3.05) is 19.8 Å². The van der Waals surface area contributed by atoms with E-state index in [9.17, 15) is 10.2 Å². The first-order valence-corrected chi connectivity index (χ1v) is 12.1. The topological polar surface area (TPSA) is 79.2 Å². The number of unbranched alkanes of at least 4 members (excludes halogenated alkanes) is 12. The molecule has 1 rings (SSSR count). The summed E-state index contributed by atoms with van der Waals surface area (Å²) < 4.78 is 11.0. The number of aliphatic hydroxyl groups excluding tert-OH is 3. The lowest BCUT2D eigenvalue weighted by Gasteiger charge is -2.23. The minimum absolute atomic E-state index is 0.154. The molecular weight excluding hydrogens is 368 g/mol. The number of rotatable bonds is 19. The Balaban J connectivity index is 1.85. The molecule has 1 saturated heterocycles. The molecule has 5 nitrogen and oxygen atoms in total. The lowest BCUT2D eigenvalue weighted by molar-refractivity contribution is -0.0938. The van der Waals surface area contributed by atoms with Gasteiger partial charge >= 0.3 is 0 Å². The minimum Gasteiger partial charge on any atom is -0.394 e. The van der Waals surface area contributed by atoms with Crippen LogP contribution in [0.3, 0.4) is 0 Å². The summed E-state index contributed by atoms with van der Waals surface area (Å²) in [6, 6.07) is 0. The third kappa shape index (κ3) is 12.7. The van der Waals surface area contributed by atoms with Crippen LogP contribution in [0, 0.1) is 0 Å². The minimum atomic E-state index is -1.00. The van der Waals surface area contributed by atoms with Crippen LogP contribution in [0.2, 0.25) is 0 Å². The summed E-state index contributed by atoms with van der Waals surface area (Å²) in [5, 5.41) is 28.7. The first kappa shape index (κ1) is 26.6. The molecule has 0 aromatic heterocycles. The molecule has 29 heavy (non-hydrogen) atoms. The Morgan fingerprint density at radius 1 is 0.897 bits per heavy atom. The second-order valence-corrected chi connectivity index (χ2v) is 8.39. The molecule has 5 heteroatoms. The van der Waals surface area contributed by atoms with Crippen LogP contribution < -0.4 is 0 Å². The molecule has 0 aromatic carbocycles. The lowest BCUT2D eigenvalue weighted by atomic mass is 10.1. The third-order valence-corrected chi connectivity index (χ3v) is 5.70. The van der Waals surface area contributed by atoms with Crippen LogP contribution in [0.5, 0.6) is 0 Å².